The van der Waals surface area contributed by atoms with Gasteiger partial charge in [-0.3, -0.25) is 13.9 Å². The van der Waals surface area contributed by atoms with Crippen LogP contribution < -0.4 is 16.6 Å². The Bertz CT molecular complexity index is 1060. The summed E-state index contributed by atoms with van der Waals surface area (Å²) in [5.74, 6) is 0. The van der Waals surface area contributed by atoms with Gasteiger partial charge in [0.05, 0.1) is 11.9 Å². The van der Waals surface area contributed by atoms with E-state index in [-0.39, 0.29) is 24.4 Å². The van der Waals surface area contributed by atoms with Crippen molar-refractivity contribution < 1.29 is 5.11 Å². The molecule has 0 aliphatic carbocycles. The summed E-state index contributed by atoms with van der Waals surface area (Å²) in [5.41, 5.74) is 1.53. The monoisotopic (exact) mass is 396 g/mol. The topological polar surface area (TPSA) is 89.2 Å². The van der Waals surface area contributed by atoms with E-state index in [9.17, 15) is 9.59 Å². The third-order valence-corrected chi connectivity index (χ3v) is 5.01. The number of unbranched alkanes of at least 4 members (excludes halogenated alkanes) is 3. The van der Waals surface area contributed by atoms with Crippen molar-refractivity contribution in [2.75, 3.05) is 13.2 Å². The summed E-state index contributed by atoms with van der Waals surface area (Å²) in [6, 6.07) is 11.3. The third kappa shape index (κ3) is 5.19. The molecular weight excluding hydrogens is 368 g/mol. The van der Waals surface area contributed by atoms with Crippen LogP contribution in [-0.2, 0) is 20.1 Å². The molecule has 29 heavy (non-hydrogen) atoms. The molecule has 0 saturated carbocycles. The van der Waals surface area contributed by atoms with Crippen LogP contribution in [-0.4, -0.2) is 32.4 Å². The van der Waals surface area contributed by atoms with Crippen LogP contribution in [0.4, 0.5) is 0 Å². The molecule has 7 nitrogen and oxygen atoms in total. The lowest BCUT2D eigenvalue weighted by Crippen LogP contribution is -2.39. The summed E-state index contributed by atoms with van der Waals surface area (Å²) in [6.45, 7) is 1.97. The molecular formula is C22H28N4O3. The van der Waals surface area contributed by atoms with Gasteiger partial charge in [-0.05, 0) is 36.6 Å². The number of aryl methyl sites for hydroxylation is 1. The summed E-state index contributed by atoms with van der Waals surface area (Å²) >= 11 is 0. The average Bonchev–Trinajstić information content (AvgIpc) is 2.75. The molecule has 3 rings (SSSR count). The van der Waals surface area contributed by atoms with Gasteiger partial charge in [-0.15, -0.1) is 0 Å². The summed E-state index contributed by atoms with van der Waals surface area (Å²) in [7, 11) is 1.64. The number of aromatic nitrogens is 3. The molecule has 0 atom stereocenters. The lowest BCUT2D eigenvalue weighted by molar-refractivity contribution is 0.282. The number of benzene rings is 1. The van der Waals surface area contributed by atoms with Crippen molar-refractivity contribution in [3.8, 4) is 0 Å². The van der Waals surface area contributed by atoms with Crippen LogP contribution in [0.2, 0.25) is 0 Å². The number of hydrogen-bond acceptors (Lipinski definition) is 5. The molecule has 0 amide bonds. The zero-order valence-corrected chi connectivity index (χ0v) is 16.8. The highest BCUT2D eigenvalue weighted by molar-refractivity contribution is 5.74. The first-order chi connectivity index (χ1) is 14.1. The minimum absolute atomic E-state index is 0.235. The van der Waals surface area contributed by atoms with E-state index in [1.807, 2.05) is 36.4 Å². The summed E-state index contributed by atoms with van der Waals surface area (Å²) < 4.78 is 2.69. The second-order valence-corrected chi connectivity index (χ2v) is 7.25. The maximum atomic E-state index is 13.0. The number of aliphatic hydroxyl groups is 1. The molecule has 2 aromatic heterocycles. The third-order valence-electron chi connectivity index (χ3n) is 5.01. The molecule has 0 bridgehead atoms. The predicted octanol–water partition coefficient (Wildman–Crippen LogP) is 1.79. The zero-order valence-electron chi connectivity index (χ0n) is 16.8. The van der Waals surface area contributed by atoms with Crippen LogP contribution in [0.15, 0.2) is 52.2 Å². The summed E-state index contributed by atoms with van der Waals surface area (Å²) in [5, 5.41) is 12.6. The molecule has 0 aliphatic heterocycles. The van der Waals surface area contributed by atoms with Crippen molar-refractivity contribution in [3.05, 3.63) is 74.6 Å². The van der Waals surface area contributed by atoms with E-state index in [2.05, 4.69) is 10.3 Å². The van der Waals surface area contributed by atoms with Crippen molar-refractivity contribution in [2.24, 2.45) is 7.05 Å². The lowest BCUT2D eigenvalue weighted by atomic mass is 10.2. The maximum absolute atomic E-state index is 13.0. The van der Waals surface area contributed by atoms with Crippen LogP contribution in [0.5, 0.6) is 0 Å². The molecule has 1 aromatic carbocycles. The molecule has 0 radical (unpaired) electrons. The highest BCUT2D eigenvalue weighted by Crippen LogP contribution is 2.08. The Balaban J connectivity index is 1.78. The molecule has 3 aromatic rings. The minimum Gasteiger partial charge on any atom is -0.396 e. The van der Waals surface area contributed by atoms with Crippen LogP contribution >= 0.6 is 0 Å². The van der Waals surface area contributed by atoms with E-state index in [1.165, 1.54) is 9.13 Å². The van der Waals surface area contributed by atoms with E-state index in [0.717, 1.165) is 43.4 Å². The van der Waals surface area contributed by atoms with Crippen LogP contribution in [0.25, 0.3) is 11.0 Å². The van der Waals surface area contributed by atoms with Crippen molar-refractivity contribution in [1.82, 2.24) is 19.4 Å². The Labute approximate surface area is 169 Å². The number of nitrogens with one attached hydrogen (secondary N) is 1. The first-order valence-corrected chi connectivity index (χ1v) is 10.1. The van der Waals surface area contributed by atoms with E-state index < -0.39 is 0 Å². The average molecular weight is 396 g/mol. The number of aliphatic hydroxyl groups excluding tert-OH is 1. The molecule has 2 N–H and O–H groups in total. The fraction of sp³-hybridized carbons (Fsp3) is 0.409. The Morgan fingerprint density at radius 2 is 1.79 bits per heavy atom. The van der Waals surface area contributed by atoms with Crippen molar-refractivity contribution in [1.29, 1.82) is 0 Å². The van der Waals surface area contributed by atoms with Gasteiger partial charge in [0.2, 0.25) is 0 Å². The second kappa shape index (κ2) is 10.1. The highest BCUT2D eigenvalue weighted by atomic mass is 16.3. The van der Waals surface area contributed by atoms with Crippen molar-refractivity contribution in [2.45, 2.75) is 38.8 Å². The van der Waals surface area contributed by atoms with Crippen LogP contribution in [0, 0.1) is 0 Å². The minimum atomic E-state index is -0.368. The van der Waals surface area contributed by atoms with E-state index in [1.54, 1.807) is 13.2 Å². The summed E-state index contributed by atoms with van der Waals surface area (Å²) in [6.07, 6.45) is 5.71. The molecule has 0 fully saturated rings. The standard InChI is InChI=1S/C22H28N4O3/c1-25-20-19(13-18(15-24-20)14-23-11-7-2-3-8-12-27)21(28)26(22(25)29)16-17-9-5-4-6-10-17/h4-6,9-10,13,15,23,27H,2-3,7-8,11-12,14,16H2,1H3. The quantitative estimate of drug-likeness (QED) is 0.510. The van der Waals surface area contributed by atoms with Crippen molar-refractivity contribution in [3.63, 3.8) is 0 Å². The molecule has 0 spiro atoms. The molecule has 0 aliphatic rings. The fourth-order valence-electron chi connectivity index (χ4n) is 3.38. The van der Waals surface area contributed by atoms with Crippen LogP contribution in [0.3, 0.4) is 0 Å². The van der Waals surface area contributed by atoms with Crippen molar-refractivity contribution >= 4 is 11.0 Å². The first-order valence-electron chi connectivity index (χ1n) is 10.1. The number of hydrogen-bond donors (Lipinski definition) is 2. The maximum Gasteiger partial charge on any atom is 0.332 e. The number of fused-ring (bicyclic) bond motifs is 1. The molecule has 7 heteroatoms. The van der Waals surface area contributed by atoms with Crippen LogP contribution in [0.1, 0.15) is 36.8 Å². The smallest absolute Gasteiger partial charge is 0.332 e. The fourth-order valence-corrected chi connectivity index (χ4v) is 3.38. The van der Waals surface area contributed by atoms with Gasteiger partial charge < -0.3 is 10.4 Å². The Morgan fingerprint density at radius 3 is 2.55 bits per heavy atom. The highest BCUT2D eigenvalue weighted by Gasteiger charge is 2.13. The van der Waals surface area contributed by atoms with E-state index in [0.29, 0.717) is 17.6 Å². The van der Waals surface area contributed by atoms with E-state index in [4.69, 9.17) is 5.11 Å². The van der Waals surface area contributed by atoms with Gasteiger partial charge in [0.1, 0.15) is 5.65 Å². The zero-order chi connectivity index (χ0) is 20.6. The van der Waals surface area contributed by atoms with Gasteiger partial charge in [-0.25, -0.2) is 9.78 Å². The first kappa shape index (κ1) is 21.0. The number of nitrogens with zero attached hydrogens (tertiary/aromatic N) is 3. The van der Waals surface area contributed by atoms with Gasteiger partial charge >= 0.3 is 5.69 Å². The SMILES string of the molecule is Cn1c(=O)n(Cc2ccccc2)c(=O)c2cc(CNCCCCCCO)cnc21. The Kier molecular flexibility index (Phi) is 7.32. The van der Waals surface area contributed by atoms with Gasteiger partial charge in [-0.1, -0.05) is 43.2 Å². The molecule has 0 saturated heterocycles. The second-order valence-electron chi connectivity index (χ2n) is 7.25. The van der Waals surface area contributed by atoms with E-state index >= 15 is 0 Å². The van der Waals surface area contributed by atoms with Gasteiger partial charge in [0.25, 0.3) is 5.56 Å². The normalized spacial score (nSPS) is 11.2. The van der Waals surface area contributed by atoms with Gasteiger partial charge in [0, 0.05) is 26.4 Å². The Morgan fingerprint density at radius 1 is 1.03 bits per heavy atom. The molecule has 0 unspecified atom stereocenters. The Hall–Kier alpha value is -2.77. The molecule has 2 heterocycles. The largest absolute Gasteiger partial charge is 0.396 e. The molecule has 154 valence electrons. The summed E-state index contributed by atoms with van der Waals surface area (Å²) in [4.78, 5) is 30.0. The lowest BCUT2D eigenvalue weighted by Gasteiger charge is -2.11. The number of pyridine rings is 1. The van der Waals surface area contributed by atoms with Gasteiger partial charge in [-0.2, -0.15) is 0 Å². The predicted molar refractivity (Wildman–Crippen MR) is 114 cm³/mol. The number of rotatable bonds is 10. The van der Waals surface area contributed by atoms with Gasteiger partial charge in [0.15, 0.2) is 0 Å².